The average molecular weight is 273 g/mol. The van der Waals surface area contributed by atoms with Gasteiger partial charge in [-0.05, 0) is 61.0 Å². The van der Waals surface area contributed by atoms with Gasteiger partial charge in [-0.3, -0.25) is 10.1 Å². The first-order valence-corrected chi connectivity index (χ1v) is 7.36. The van der Waals surface area contributed by atoms with Gasteiger partial charge in [-0.25, -0.2) is 4.79 Å². The predicted octanol–water partition coefficient (Wildman–Crippen LogP) is 3.25. The van der Waals surface area contributed by atoms with Crippen LogP contribution in [0, 0.1) is 16.0 Å². The second-order valence-corrected chi connectivity index (χ2v) is 6.24. The molecule has 1 fully saturated rings. The predicted molar refractivity (Wildman–Crippen MR) is 75.0 cm³/mol. The average Bonchev–Trinajstić information content (AvgIpc) is 2.81. The van der Waals surface area contributed by atoms with E-state index in [0.717, 1.165) is 32.1 Å². The van der Waals surface area contributed by atoms with Crippen molar-refractivity contribution in [2.75, 3.05) is 0 Å². The summed E-state index contributed by atoms with van der Waals surface area (Å²) in [5, 5.41) is 10.4. The van der Waals surface area contributed by atoms with Crippen LogP contribution in [0.5, 0.6) is 0 Å². The van der Waals surface area contributed by atoms with E-state index in [0.29, 0.717) is 0 Å². The number of rotatable bonds is 2. The van der Waals surface area contributed by atoms with Crippen molar-refractivity contribution in [2.24, 2.45) is 5.92 Å². The molecule has 3 rings (SSSR count). The van der Waals surface area contributed by atoms with Crippen molar-refractivity contribution in [1.82, 2.24) is 0 Å². The van der Waals surface area contributed by atoms with Crippen LogP contribution in [0.25, 0.3) is 0 Å². The molecule has 1 spiro atoms. The quantitative estimate of drug-likeness (QED) is 0.614. The third-order valence-electron chi connectivity index (χ3n) is 5.19. The zero-order chi connectivity index (χ0) is 14.2. The van der Waals surface area contributed by atoms with Gasteiger partial charge in [0, 0.05) is 0 Å². The van der Waals surface area contributed by atoms with Crippen LogP contribution >= 0.6 is 0 Å². The molecule has 4 heteroatoms. The Bertz CT molecular complexity index is 544. The van der Waals surface area contributed by atoms with Gasteiger partial charge in [0.05, 0.1) is 6.42 Å². The first-order chi connectivity index (χ1) is 9.61. The molecule has 0 aromatic heterocycles. The maximum Gasteiger partial charge on any atom is 0.444 e. The maximum absolute atomic E-state index is 11.2. The molecule has 4 nitrogen and oxygen atoms in total. The SMILES string of the molecule is O=C(CC1CCC2(CCc3ccccc32)CC1)[N+](=O)[O-]. The molecule has 0 unspecified atom stereocenters. The summed E-state index contributed by atoms with van der Waals surface area (Å²) in [6, 6.07) is 8.66. The number of benzene rings is 1. The van der Waals surface area contributed by atoms with Gasteiger partial charge < -0.3 is 0 Å². The number of amides is 1. The second kappa shape index (κ2) is 5.00. The molecule has 0 aliphatic heterocycles. The summed E-state index contributed by atoms with van der Waals surface area (Å²) in [5.74, 6) is -0.621. The molecule has 1 amide bonds. The summed E-state index contributed by atoms with van der Waals surface area (Å²) in [6.45, 7) is 0. The van der Waals surface area contributed by atoms with Crippen LogP contribution in [-0.4, -0.2) is 10.8 Å². The van der Waals surface area contributed by atoms with E-state index in [9.17, 15) is 14.9 Å². The lowest BCUT2D eigenvalue weighted by atomic mass is 9.67. The highest BCUT2D eigenvalue weighted by Crippen LogP contribution is 2.50. The van der Waals surface area contributed by atoms with E-state index in [1.807, 2.05) is 0 Å². The Labute approximate surface area is 118 Å². The summed E-state index contributed by atoms with van der Waals surface area (Å²) in [7, 11) is 0. The van der Waals surface area contributed by atoms with Crippen molar-refractivity contribution in [1.29, 1.82) is 0 Å². The first-order valence-electron chi connectivity index (χ1n) is 7.36. The van der Waals surface area contributed by atoms with Gasteiger partial charge in [-0.2, -0.15) is 0 Å². The maximum atomic E-state index is 11.2. The van der Waals surface area contributed by atoms with Crippen molar-refractivity contribution in [3.8, 4) is 0 Å². The lowest BCUT2D eigenvalue weighted by Gasteiger charge is -2.37. The summed E-state index contributed by atoms with van der Waals surface area (Å²) in [4.78, 5) is 20.9. The zero-order valence-electron chi connectivity index (χ0n) is 11.5. The standard InChI is InChI=1S/C16H19NO3/c18-15(17(19)20)11-12-5-8-16(9-6-12)10-7-13-3-1-2-4-14(13)16/h1-4,12H,5-11H2. The first kappa shape index (κ1) is 13.3. The Kier molecular flexibility index (Phi) is 3.32. The van der Waals surface area contributed by atoms with Gasteiger partial charge in [0.15, 0.2) is 0 Å². The highest BCUT2D eigenvalue weighted by molar-refractivity contribution is 5.67. The van der Waals surface area contributed by atoms with Crippen molar-refractivity contribution in [3.05, 3.63) is 45.5 Å². The molecular weight excluding hydrogens is 254 g/mol. The number of nitrogens with zero attached hydrogens (tertiary/aromatic N) is 1. The molecule has 2 aliphatic carbocycles. The Morgan fingerprint density at radius 3 is 2.65 bits per heavy atom. The highest BCUT2D eigenvalue weighted by atomic mass is 16.6. The van der Waals surface area contributed by atoms with Gasteiger partial charge in [-0.1, -0.05) is 24.3 Å². The lowest BCUT2D eigenvalue weighted by Crippen LogP contribution is -2.31. The van der Waals surface area contributed by atoms with Gasteiger partial charge in [0.25, 0.3) is 0 Å². The monoisotopic (exact) mass is 273 g/mol. The van der Waals surface area contributed by atoms with Gasteiger partial charge in [-0.15, -0.1) is 0 Å². The molecular formula is C16H19NO3. The van der Waals surface area contributed by atoms with Crippen LogP contribution in [-0.2, 0) is 16.6 Å². The summed E-state index contributed by atoms with van der Waals surface area (Å²) in [5.41, 5.74) is 3.23. The van der Waals surface area contributed by atoms with E-state index in [1.165, 1.54) is 17.5 Å². The van der Waals surface area contributed by atoms with Gasteiger partial charge in [0.2, 0.25) is 0 Å². The fraction of sp³-hybridized carbons (Fsp3) is 0.562. The molecule has 1 saturated carbocycles. The van der Waals surface area contributed by atoms with E-state index in [2.05, 4.69) is 24.3 Å². The lowest BCUT2D eigenvalue weighted by molar-refractivity contribution is -0.403. The number of hydrogen-bond donors (Lipinski definition) is 0. The van der Waals surface area contributed by atoms with Crippen LogP contribution in [0.15, 0.2) is 24.3 Å². The minimum Gasteiger partial charge on any atom is -0.256 e. The van der Waals surface area contributed by atoms with Crippen molar-refractivity contribution in [2.45, 2.75) is 50.4 Å². The molecule has 106 valence electrons. The molecule has 1 aromatic rings. The molecule has 0 saturated heterocycles. The Balaban J connectivity index is 1.68. The smallest absolute Gasteiger partial charge is 0.256 e. The molecule has 0 heterocycles. The summed E-state index contributed by atoms with van der Waals surface area (Å²) < 4.78 is 0. The number of fused-ring (bicyclic) bond motifs is 2. The Morgan fingerprint density at radius 1 is 1.25 bits per heavy atom. The molecule has 0 radical (unpaired) electrons. The third-order valence-corrected chi connectivity index (χ3v) is 5.19. The molecule has 0 N–H and O–H groups in total. The van der Waals surface area contributed by atoms with Gasteiger partial charge in [0.1, 0.15) is 4.92 Å². The minimum atomic E-state index is -0.822. The number of carbonyl (C=O) groups excluding carboxylic acids is 1. The van der Waals surface area contributed by atoms with Gasteiger partial charge >= 0.3 is 5.91 Å². The van der Waals surface area contributed by atoms with Crippen LogP contribution < -0.4 is 0 Å². The second-order valence-electron chi connectivity index (χ2n) is 6.24. The van der Waals surface area contributed by atoms with E-state index in [-0.39, 0.29) is 17.8 Å². The molecule has 20 heavy (non-hydrogen) atoms. The van der Waals surface area contributed by atoms with Crippen LogP contribution in [0.3, 0.4) is 0 Å². The third kappa shape index (κ3) is 2.23. The molecule has 2 aliphatic rings. The van der Waals surface area contributed by atoms with E-state index >= 15 is 0 Å². The van der Waals surface area contributed by atoms with Crippen molar-refractivity contribution < 1.29 is 9.72 Å². The number of carbonyl (C=O) groups is 1. The van der Waals surface area contributed by atoms with Crippen LogP contribution in [0.1, 0.15) is 49.7 Å². The number of aryl methyl sites for hydroxylation is 1. The molecule has 1 aromatic carbocycles. The molecule has 0 atom stereocenters. The topological polar surface area (TPSA) is 60.2 Å². The number of nitro groups is 1. The van der Waals surface area contributed by atoms with E-state index in [4.69, 9.17) is 0 Å². The van der Waals surface area contributed by atoms with Crippen LogP contribution in [0.2, 0.25) is 0 Å². The largest absolute Gasteiger partial charge is 0.444 e. The van der Waals surface area contributed by atoms with E-state index in [1.54, 1.807) is 0 Å². The summed E-state index contributed by atoms with van der Waals surface area (Å²) in [6.07, 6.45) is 6.48. The minimum absolute atomic E-state index is 0.116. The molecule has 0 bridgehead atoms. The Morgan fingerprint density at radius 2 is 1.95 bits per heavy atom. The van der Waals surface area contributed by atoms with Crippen molar-refractivity contribution >= 4 is 5.91 Å². The fourth-order valence-corrected chi connectivity index (χ4v) is 4.04. The van der Waals surface area contributed by atoms with E-state index < -0.39 is 10.8 Å². The summed E-state index contributed by atoms with van der Waals surface area (Å²) >= 11 is 0. The van der Waals surface area contributed by atoms with Crippen LogP contribution in [0.4, 0.5) is 0 Å². The zero-order valence-corrected chi connectivity index (χ0v) is 11.5. The normalized spacial score (nSPS) is 28.3. The van der Waals surface area contributed by atoms with Crippen molar-refractivity contribution in [3.63, 3.8) is 0 Å². The Hall–Kier alpha value is -1.71. The highest BCUT2D eigenvalue weighted by Gasteiger charge is 2.42. The number of hydrogen-bond acceptors (Lipinski definition) is 3. The fourth-order valence-electron chi connectivity index (χ4n) is 4.04.